The highest BCUT2D eigenvalue weighted by Gasteiger charge is 2.20. The Morgan fingerprint density at radius 3 is 3.09 bits per heavy atom. The molecule has 3 nitrogen and oxygen atoms in total. The van der Waals surface area contributed by atoms with Gasteiger partial charge >= 0.3 is 0 Å². The summed E-state index contributed by atoms with van der Waals surface area (Å²) in [5.41, 5.74) is 5.45. The van der Waals surface area contributed by atoms with Gasteiger partial charge in [-0.2, -0.15) is 0 Å². The highest BCUT2D eigenvalue weighted by Crippen LogP contribution is 2.06. The summed E-state index contributed by atoms with van der Waals surface area (Å²) >= 11 is 5.75. The van der Waals surface area contributed by atoms with Gasteiger partial charge in [0.2, 0.25) is 0 Å². The molecule has 1 saturated heterocycles. The molecule has 1 aliphatic rings. The molecule has 0 saturated carbocycles. The van der Waals surface area contributed by atoms with Crippen LogP contribution in [0, 0.1) is 0 Å². The van der Waals surface area contributed by atoms with Gasteiger partial charge in [-0.1, -0.05) is 0 Å². The minimum atomic E-state index is 0.369. The van der Waals surface area contributed by atoms with Crippen molar-refractivity contribution in [3.05, 3.63) is 0 Å². The van der Waals surface area contributed by atoms with E-state index in [0.717, 1.165) is 26.3 Å². The highest BCUT2D eigenvalue weighted by atomic mass is 35.5. The van der Waals surface area contributed by atoms with E-state index in [-0.39, 0.29) is 0 Å². The highest BCUT2D eigenvalue weighted by molar-refractivity contribution is 6.18. The molecule has 2 N–H and O–H groups in total. The Morgan fingerprint density at radius 2 is 2.45 bits per heavy atom. The maximum absolute atomic E-state index is 5.75. The van der Waals surface area contributed by atoms with Gasteiger partial charge in [0.25, 0.3) is 0 Å². The minimum Gasteiger partial charge on any atom is -0.378 e. The summed E-state index contributed by atoms with van der Waals surface area (Å²) in [5, 5.41) is 0. The quantitative estimate of drug-likeness (QED) is 0.613. The van der Waals surface area contributed by atoms with Crippen LogP contribution in [0.2, 0.25) is 0 Å². The van der Waals surface area contributed by atoms with Crippen LogP contribution in [-0.4, -0.2) is 49.7 Å². The summed E-state index contributed by atoms with van der Waals surface area (Å²) < 4.78 is 5.28. The normalized spacial score (nSPS) is 27.3. The van der Waals surface area contributed by atoms with Crippen molar-refractivity contribution >= 4 is 11.6 Å². The first kappa shape index (κ1) is 9.26. The van der Waals surface area contributed by atoms with E-state index >= 15 is 0 Å². The fourth-order valence-electron chi connectivity index (χ4n) is 1.29. The molecule has 0 spiro atoms. The van der Waals surface area contributed by atoms with Crippen LogP contribution < -0.4 is 5.73 Å². The topological polar surface area (TPSA) is 38.5 Å². The van der Waals surface area contributed by atoms with Gasteiger partial charge < -0.3 is 10.5 Å². The van der Waals surface area contributed by atoms with Gasteiger partial charge in [-0.25, -0.2) is 0 Å². The molecular weight excluding hydrogens is 164 g/mol. The van der Waals surface area contributed by atoms with Crippen LogP contribution in [0.3, 0.4) is 0 Å². The van der Waals surface area contributed by atoms with Gasteiger partial charge in [0.15, 0.2) is 0 Å². The second-order valence-electron chi connectivity index (χ2n) is 2.71. The van der Waals surface area contributed by atoms with E-state index in [1.807, 2.05) is 0 Å². The average molecular weight is 179 g/mol. The predicted octanol–water partition coefficient (Wildman–Crippen LogP) is -0.115. The number of nitrogens with two attached hydrogens (primary N) is 1. The molecule has 0 bridgehead atoms. The summed E-state index contributed by atoms with van der Waals surface area (Å²) in [6, 6.07) is 0.369. The van der Waals surface area contributed by atoms with Gasteiger partial charge in [-0.15, -0.1) is 11.6 Å². The van der Waals surface area contributed by atoms with Crippen LogP contribution >= 0.6 is 11.6 Å². The van der Waals surface area contributed by atoms with E-state index in [9.17, 15) is 0 Å². The molecule has 4 heteroatoms. The number of halogens is 1. The molecule has 0 unspecified atom stereocenters. The van der Waals surface area contributed by atoms with Crippen molar-refractivity contribution in [2.45, 2.75) is 6.04 Å². The van der Waals surface area contributed by atoms with Crippen molar-refractivity contribution in [2.24, 2.45) is 5.73 Å². The van der Waals surface area contributed by atoms with Crippen molar-refractivity contribution in [1.29, 1.82) is 0 Å². The first-order chi connectivity index (χ1) is 5.38. The Balaban J connectivity index is 2.31. The largest absolute Gasteiger partial charge is 0.378 e. The zero-order valence-electron chi connectivity index (χ0n) is 6.63. The molecule has 0 aromatic heterocycles. The number of rotatable bonds is 3. The summed E-state index contributed by atoms with van der Waals surface area (Å²) in [5.74, 6) is 0.639. The Hall–Kier alpha value is 0.170. The van der Waals surface area contributed by atoms with Crippen LogP contribution in [0.25, 0.3) is 0 Å². The molecule has 0 aromatic rings. The molecule has 1 rings (SSSR count). The first-order valence-corrected chi connectivity index (χ1v) is 4.49. The van der Waals surface area contributed by atoms with Gasteiger partial charge in [-0.05, 0) is 0 Å². The van der Waals surface area contributed by atoms with E-state index < -0.39 is 0 Å². The lowest BCUT2D eigenvalue weighted by Gasteiger charge is -2.33. The second kappa shape index (κ2) is 4.93. The van der Waals surface area contributed by atoms with Crippen molar-refractivity contribution in [1.82, 2.24) is 4.90 Å². The summed E-state index contributed by atoms with van der Waals surface area (Å²) in [6.07, 6.45) is 0. The summed E-state index contributed by atoms with van der Waals surface area (Å²) in [4.78, 5) is 2.29. The van der Waals surface area contributed by atoms with E-state index in [4.69, 9.17) is 22.1 Å². The Morgan fingerprint density at radius 1 is 1.64 bits per heavy atom. The predicted molar refractivity (Wildman–Crippen MR) is 46.0 cm³/mol. The molecule has 0 radical (unpaired) electrons. The molecule has 0 aliphatic carbocycles. The smallest absolute Gasteiger partial charge is 0.0634 e. The van der Waals surface area contributed by atoms with Gasteiger partial charge in [0, 0.05) is 31.6 Å². The molecule has 1 aliphatic heterocycles. The summed E-state index contributed by atoms with van der Waals surface area (Å²) in [7, 11) is 0. The number of alkyl halides is 1. The maximum atomic E-state index is 5.75. The number of morpholine rings is 1. The monoisotopic (exact) mass is 178 g/mol. The third kappa shape index (κ3) is 2.60. The molecule has 66 valence electrons. The van der Waals surface area contributed by atoms with Crippen LogP contribution in [0.4, 0.5) is 0 Å². The zero-order valence-corrected chi connectivity index (χ0v) is 7.39. The average Bonchev–Trinajstić information content (AvgIpc) is 2.06. The molecule has 1 fully saturated rings. The molecule has 1 atom stereocenters. The standard InChI is InChI=1S/C7H15ClN2O/c8-5-7-6-11-4-3-10(7)2-1-9/h7H,1-6,9H2/t7-/m0/s1. The fraction of sp³-hybridized carbons (Fsp3) is 1.00. The number of ether oxygens (including phenoxy) is 1. The molecular formula is C7H15ClN2O. The Bertz CT molecular complexity index is 111. The molecule has 0 aromatic carbocycles. The number of nitrogens with zero attached hydrogens (tertiary/aromatic N) is 1. The van der Waals surface area contributed by atoms with Crippen LogP contribution in [0.5, 0.6) is 0 Å². The Kier molecular flexibility index (Phi) is 4.15. The molecule has 11 heavy (non-hydrogen) atoms. The summed E-state index contributed by atoms with van der Waals surface area (Å²) in [6.45, 7) is 4.17. The third-order valence-electron chi connectivity index (χ3n) is 1.94. The minimum absolute atomic E-state index is 0.369. The van der Waals surface area contributed by atoms with Gasteiger partial charge in [0.1, 0.15) is 0 Å². The first-order valence-electron chi connectivity index (χ1n) is 3.96. The van der Waals surface area contributed by atoms with E-state index in [1.54, 1.807) is 0 Å². The SMILES string of the molecule is NCCN1CCOC[C@@H]1CCl. The van der Waals surface area contributed by atoms with Crippen molar-refractivity contribution < 1.29 is 4.74 Å². The van der Waals surface area contributed by atoms with E-state index in [0.29, 0.717) is 18.5 Å². The lowest BCUT2D eigenvalue weighted by molar-refractivity contribution is 0.00268. The van der Waals surface area contributed by atoms with Crippen LogP contribution in [0.15, 0.2) is 0 Å². The second-order valence-corrected chi connectivity index (χ2v) is 3.02. The third-order valence-corrected chi connectivity index (χ3v) is 2.30. The maximum Gasteiger partial charge on any atom is 0.0634 e. The number of hydrogen-bond acceptors (Lipinski definition) is 3. The fourth-order valence-corrected chi connectivity index (χ4v) is 1.58. The Labute approximate surface area is 72.4 Å². The van der Waals surface area contributed by atoms with Crippen LogP contribution in [0.1, 0.15) is 0 Å². The van der Waals surface area contributed by atoms with Gasteiger partial charge in [0.05, 0.1) is 13.2 Å². The van der Waals surface area contributed by atoms with Gasteiger partial charge in [-0.3, -0.25) is 4.90 Å². The van der Waals surface area contributed by atoms with Crippen molar-refractivity contribution in [2.75, 3.05) is 38.7 Å². The molecule has 0 amide bonds. The van der Waals surface area contributed by atoms with Crippen molar-refractivity contribution in [3.8, 4) is 0 Å². The van der Waals surface area contributed by atoms with E-state index in [2.05, 4.69) is 4.90 Å². The number of hydrogen-bond donors (Lipinski definition) is 1. The lowest BCUT2D eigenvalue weighted by atomic mass is 10.2. The molecule has 1 heterocycles. The zero-order chi connectivity index (χ0) is 8.10. The van der Waals surface area contributed by atoms with Crippen LogP contribution in [-0.2, 0) is 4.74 Å². The van der Waals surface area contributed by atoms with Crippen molar-refractivity contribution in [3.63, 3.8) is 0 Å². The lowest BCUT2D eigenvalue weighted by Crippen LogP contribution is -2.48. The van der Waals surface area contributed by atoms with E-state index in [1.165, 1.54) is 0 Å².